The molecule has 1 fully saturated rings. The van der Waals surface area contributed by atoms with Gasteiger partial charge in [-0.05, 0) is 12.1 Å². The number of benzene rings is 1. The van der Waals surface area contributed by atoms with E-state index in [2.05, 4.69) is 0 Å². The van der Waals surface area contributed by atoms with E-state index in [1.165, 1.54) is 18.2 Å². The molecular weight excluding hydrogens is 327 g/mol. The first-order valence-electron chi connectivity index (χ1n) is 7.02. The Labute approximate surface area is 136 Å². The lowest BCUT2D eigenvalue weighted by Gasteiger charge is -2.39. The molecule has 1 aliphatic rings. The number of carboxylic acid groups (broad SMARTS) is 1. The van der Waals surface area contributed by atoms with Gasteiger partial charge >= 0.3 is 5.97 Å². The second kappa shape index (κ2) is 7.69. The highest BCUT2D eigenvalue weighted by Gasteiger charge is 2.45. The fourth-order valence-electron chi connectivity index (χ4n) is 2.17. The van der Waals surface area contributed by atoms with Gasteiger partial charge in [0.2, 0.25) is 12.0 Å². The van der Waals surface area contributed by atoms with Gasteiger partial charge in [0.05, 0.1) is 6.61 Å². The molecule has 0 saturated carbocycles. The van der Waals surface area contributed by atoms with Crippen LogP contribution in [0.25, 0.3) is 6.08 Å². The summed E-state index contributed by atoms with van der Waals surface area (Å²) < 4.78 is 23.7. The highest BCUT2D eigenvalue weighted by molar-refractivity contribution is 5.89. The van der Waals surface area contributed by atoms with E-state index in [0.717, 1.165) is 12.1 Å². The van der Waals surface area contributed by atoms with Crippen molar-refractivity contribution in [2.45, 2.75) is 30.7 Å². The zero-order valence-electron chi connectivity index (χ0n) is 12.3. The lowest BCUT2D eigenvalue weighted by molar-refractivity contribution is -0.291. The first kappa shape index (κ1) is 18.3. The van der Waals surface area contributed by atoms with Crippen molar-refractivity contribution in [1.29, 1.82) is 0 Å². The van der Waals surface area contributed by atoms with Crippen LogP contribution in [0, 0.1) is 5.82 Å². The molecule has 2 rings (SSSR count). The molecule has 9 heteroatoms. The number of aliphatic carboxylic acids is 1. The molecular formula is C15H17FO8. The fourth-order valence-corrected chi connectivity index (χ4v) is 2.17. The molecule has 5 N–H and O–H groups in total. The number of carboxylic acids is 1. The minimum absolute atomic E-state index is 0.0699. The van der Waals surface area contributed by atoms with E-state index < -0.39 is 54.9 Å². The van der Waals surface area contributed by atoms with Crippen molar-refractivity contribution in [3.63, 3.8) is 0 Å². The van der Waals surface area contributed by atoms with Gasteiger partial charge in [-0.3, -0.25) is 0 Å². The lowest BCUT2D eigenvalue weighted by atomic mass is 9.99. The summed E-state index contributed by atoms with van der Waals surface area (Å²) in [6.45, 7) is -0.690. The third kappa shape index (κ3) is 3.89. The maximum absolute atomic E-state index is 13.6. The quantitative estimate of drug-likeness (QED) is 0.341. The number of aliphatic hydroxyl groups is 4. The first-order chi connectivity index (χ1) is 11.3. The van der Waals surface area contributed by atoms with Crippen LogP contribution in [0.3, 0.4) is 0 Å². The van der Waals surface area contributed by atoms with E-state index in [0.29, 0.717) is 0 Å². The molecule has 1 aromatic rings. The maximum Gasteiger partial charge on any atom is 0.371 e. The predicted octanol–water partition coefficient (Wildman–Crippen LogP) is -0.932. The van der Waals surface area contributed by atoms with Crippen LogP contribution in [-0.4, -0.2) is 68.8 Å². The Kier molecular flexibility index (Phi) is 5.86. The number of carbonyl (C=O) groups is 1. The first-order valence-corrected chi connectivity index (χ1v) is 7.02. The van der Waals surface area contributed by atoms with Gasteiger partial charge in [0.15, 0.2) is 0 Å². The highest BCUT2D eigenvalue weighted by Crippen LogP contribution is 2.24. The van der Waals surface area contributed by atoms with E-state index >= 15 is 0 Å². The Bertz CT molecular complexity index is 617. The molecule has 0 spiro atoms. The van der Waals surface area contributed by atoms with Gasteiger partial charge in [-0.1, -0.05) is 18.2 Å². The van der Waals surface area contributed by atoms with Crippen LogP contribution in [0.5, 0.6) is 0 Å². The van der Waals surface area contributed by atoms with Gasteiger partial charge in [0.25, 0.3) is 0 Å². The zero-order chi connectivity index (χ0) is 17.9. The van der Waals surface area contributed by atoms with Gasteiger partial charge in [0.1, 0.15) is 30.2 Å². The standard InChI is InChI=1S/C15H17FO8/c16-8-4-2-1-3-7(8)5-9(14(21)22)23-15-13(20)12(19)11(18)10(6-17)24-15/h1-5,10-13,15,17-20H,6H2,(H,21,22)/b9-5+/t10-,11-,12-,13+,15-/m0/s1. The molecule has 1 saturated heterocycles. The van der Waals surface area contributed by atoms with Gasteiger partial charge < -0.3 is 35.0 Å². The summed E-state index contributed by atoms with van der Waals surface area (Å²) in [6.07, 6.45) is -7.13. The van der Waals surface area contributed by atoms with Crippen molar-refractivity contribution in [3.8, 4) is 0 Å². The summed E-state index contributed by atoms with van der Waals surface area (Å²) >= 11 is 0. The summed E-state index contributed by atoms with van der Waals surface area (Å²) in [5, 5.41) is 47.4. The molecule has 8 nitrogen and oxygen atoms in total. The van der Waals surface area contributed by atoms with Crippen LogP contribution in [0.15, 0.2) is 30.0 Å². The van der Waals surface area contributed by atoms with Crippen LogP contribution in [0.2, 0.25) is 0 Å². The third-order valence-electron chi connectivity index (χ3n) is 3.49. The molecule has 0 aromatic heterocycles. The van der Waals surface area contributed by atoms with Crippen molar-refractivity contribution in [2.24, 2.45) is 0 Å². The van der Waals surface area contributed by atoms with Crippen LogP contribution in [0.4, 0.5) is 4.39 Å². The number of hydrogen-bond donors (Lipinski definition) is 5. The summed E-state index contributed by atoms with van der Waals surface area (Å²) in [5.74, 6) is -2.99. The number of ether oxygens (including phenoxy) is 2. The maximum atomic E-state index is 13.6. The van der Waals surface area contributed by atoms with Crippen molar-refractivity contribution in [2.75, 3.05) is 6.61 Å². The van der Waals surface area contributed by atoms with E-state index in [-0.39, 0.29) is 5.56 Å². The molecule has 0 aliphatic carbocycles. The van der Waals surface area contributed by atoms with Gasteiger partial charge in [-0.2, -0.15) is 0 Å². The average Bonchev–Trinajstić information content (AvgIpc) is 2.56. The molecule has 1 aromatic carbocycles. The van der Waals surface area contributed by atoms with Gasteiger partial charge in [-0.25, -0.2) is 9.18 Å². The van der Waals surface area contributed by atoms with Crippen molar-refractivity contribution < 1.29 is 44.2 Å². The smallest absolute Gasteiger partial charge is 0.371 e. The molecule has 132 valence electrons. The minimum Gasteiger partial charge on any atom is -0.475 e. The summed E-state index contributed by atoms with van der Waals surface area (Å²) in [4.78, 5) is 11.3. The Morgan fingerprint density at radius 3 is 2.46 bits per heavy atom. The lowest BCUT2D eigenvalue weighted by Crippen LogP contribution is -2.59. The SMILES string of the molecule is O=C(O)/C(=C\c1ccccc1F)O[C@H]1O[C@@H](CO)[C@H](O)[C@H](O)[C@H]1O. The number of halogens is 1. The van der Waals surface area contributed by atoms with Crippen molar-refractivity contribution in [1.82, 2.24) is 0 Å². The molecule has 1 aliphatic heterocycles. The molecule has 1 heterocycles. The second-order valence-corrected chi connectivity index (χ2v) is 5.15. The number of rotatable bonds is 5. The monoisotopic (exact) mass is 344 g/mol. The van der Waals surface area contributed by atoms with Crippen LogP contribution < -0.4 is 0 Å². The molecule has 0 amide bonds. The average molecular weight is 344 g/mol. The van der Waals surface area contributed by atoms with Crippen LogP contribution >= 0.6 is 0 Å². The third-order valence-corrected chi connectivity index (χ3v) is 3.49. The number of hydrogen-bond acceptors (Lipinski definition) is 7. The minimum atomic E-state index is -1.77. The molecule has 0 radical (unpaired) electrons. The summed E-state index contributed by atoms with van der Waals surface area (Å²) in [7, 11) is 0. The molecule has 0 unspecified atom stereocenters. The highest BCUT2D eigenvalue weighted by atomic mass is 19.1. The Morgan fingerprint density at radius 1 is 1.21 bits per heavy atom. The second-order valence-electron chi connectivity index (χ2n) is 5.15. The molecule has 5 atom stereocenters. The predicted molar refractivity (Wildman–Crippen MR) is 76.9 cm³/mol. The summed E-state index contributed by atoms with van der Waals surface area (Å²) in [6, 6.07) is 5.35. The normalized spacial score (nSPS) is 30.9. The van der Waals surface area contributed by atoms with E-state index in [1.807, 2.05) is 0 Å². The molecule has 24 heavy (non-hydrogen) atoms. The Balaban J connectivity index is 2.24. The topological polar surface area (TPSA) is 137 Å². The largest absolute Gasteiger partial charge is 0.475 e. The molecule has 0 bridgehead atoms. The van der Waals surface area contributed by atoms with Crippen molar-refractivity contribution in [3.05, 3.63) is 41.4 Å². The summed E-state index contributed by atoms with van der Waals surface area (Å²) in [5.41, 5.74) is -0.0699. The van der Waals surface area contributed by atoms with E-state index in [9.17, 15) is 24.5 Å². The van der Waals surface area contributed by atoms with Crippen molar-refractivity contribution >= 4 is 12.0 Å². The Hall–Kier alpha value is -2.04. The van der Waals surface area contributed by atoms with E-state index in [4.69, 9.17) is 19.7 Å². The van der Waals surface area contributed by atoms with Crippen LogP contribution in [0.1, 0.15) is 5.56 Å². The zero-order valence-corrected chi connectivity index (χ0v) is 12.3. The number of aliphatic hydroxyl groups excluding tert-OH is 4. The fraction of sp³-hybridized carbons (Fsp3) is 0.400. The Morgan fingerprint density at radius 2 is 1.88 bits per heavy atom. The van der Waals surface area contributed by atoms with Crippen LogP contribution in [-0.2, 0) is 14.3 Å². The van der Waals surface area contributed by atoms with Gasteiger partial charge in [-0.15, -0.1) is 0 Å². The van der Waals surface area contributed by atoms with Gasteiger partial charge in [0, 0.05) is 5.56 Å². The van der Waals surface area contributed by atoms with E-state index in [1.54, 1.807) is 0 Å².